The Labute approximate surface area is 91.6 Å². The van der Waals surface area contributed by atoms with Gasteiger partial charge in [0.15, 0.2) is 0 Å². The zero-order valence-electron chi connectivity index (χ0n) is 7.22. The lowest BCUT2D eigenvalue weighted by atomic mass is 10.1. The smallest absolute Gasteiger partial charge is 0.0659 e. The van der Waals surface area contributed by atoms with Crippen molar-refractivity contribution in [2.45, 2.75) is 0 Å². The average Bonchev–Trinajstić information content (AvgIpc) is 2.57. The van der Waals surface area contributed by atoms with Crippen molar-refractivity contribution in [2.24, 2.45) is 0 Å². The number of aromatic amines is 1. The van der Waals surface area contributed by atoms with Gasteiger partial charge >= 0.3 is 0 Å². The summed E-state index contributed by atoms with van der Waals surface area (Å²) in [5, 5.41) is 1.18. The minimum atomic E-state index is 0.541. The van der Waals surface area contributed by atoms with Gasteiger partial charge in [-0.05, 0) is 6.07 Å². The zero-order chi connectivity index (χ0) is 10.1. The second-order valence-electron chi connectivity index (χ2n) is 2.92. The molecule has 0 fully saturated rings. The highest BCUT2D eigenvalue weighted by Crippen LogP contribution is 2.35. The largest absolute Gasteiger partial charge is 0.397 e. The number of nitrogen functional groups attached to an aromatic ring is 1. The third kappa shape index (κ3) is 1.47. The molecule has 0 spiro atoms. The zero-order valence-corrected chi connectivity index (χ0v) is 8.73. The summed E-state index contributed by atoms with van der Waals surface area (Å²) in [7, 11) is 0. The van der Waals surface area contributed by atoms with E-state index in [1.807, 2.05) is 12.1 Å². The number of anilines is 1. The van der Waals surface area contributed by atoms with Gasteiger partial charge in [0, 0.05) is 23.5 Å². The highest BCUT2D eigenvalue weighted by atomic mass is 35.5. The molecule has 0 aliphatic rings. The van der Waals surface area contributed by atoms with Crippen LogP contribution in [0.3, 0.4) is 0 Å². The summed E-state index contributed by atoms with van der Waals surface area (Å²) in [6.07, 6.45) is 3.50. The molecule has 1 aromatic heterocycles. The summed E-state index contributed by atoms with van der Waals surface area (Å²) in [6.45, 7) is 0. The third-order valence-electron chi connectivity index (χ3n) is 2.04. The van der Waals surface area contributed by atoms with Crippen LogP contribution in [0.25, 0.3) is 11.1 Å². The summed E-state index contributed by atoms with van der Waals surface area (Å²) in [5.74, 6) is 0. The first-order valence-corrected chi connectivity index (χ1v) is 4.82. The summed E-state index contributed by atoms with van der Waals surface area (Å²) >= 11 is 11.9. The normalized spacial score (nSPS) is 10.4. The molecule has 0 bridgehead atoms. The first-order chi connectivity index (χ1) is 6.70. The van der Waals surface area contributed by atoms with Crippen molar-refractivity contribution in [3.05, 3.63) is 40.6 Å². The lowest BCUT2D eigenvalue weighted by Gasteiger charge is -2.05. The van der Waals surface area contributed by atoms with Gasteiger partial charge in [-0.15, -0.1) is 0 Å². The van der Waals surface area contributed by atoms with Gasteiger partial charge in [-0.25, -0.2) is 0 Å². The lowest BCUT2D eigenvalue weighted by molar-refractivity contribution is 1.41. The molecule has 3 N–H and O–H groups in total. The fourth-order valence-electron chi connectivity index (χ4n) is 1.32. The number of hydrogen-bond acceptors (Lipinski definition) is 1. The van der Waals surface area contributed by atoms with E-state index in [4.69, 9.17) is 28.9 Å². The second-order valence-corrected chi connectivity index (χ2v) is 3.73. The van der Waals surface area contributed by atoms with Gasteiger partial charge in [0.25, 0.3) is 0 Å². The van der Waals surface area contributed by atoms with Gasteiger partial charge in [-0.3, -0.25) is 0 Å². The van der Waals surface area contributed by atoms with E-state index in [-0.39, 0.29) is 0 Å². The number of nitrogens with one attached hydrogen (secondary N) is 1. The van der Waals surface area contributed by atoms with Crippen molar-refractivity contribution in [1.82, 2.24) is 4.98 Å². The molecule has 2 aromatic rings. The average molecular weight is 227 g/mol. The highest BCUT2D eigenvalue weighted by Gasteiger charge is 2.09. The Morgan fingerprint density at radius 3 is 2.43 bits per heavy atom. The number of halogens is 2. The van der Waals surface area contributed by atoms with Crippen LogP contribution in [0.1, 0.15) is 0 Å². The first kappa shape index (κ1) is 9.44. The third-order valence-corrected chi connectivity index (χ3v) is 2.68. The SMILES string of the molecule is Nc1c(Cl)cccc1-c1c[nH]cc1Cl. The summed E-state index contributed by atoms with van der Waals surface area (Å²) in [5.41, 5.74) is 8.11. The Morgan fingerprint density at radius 1 is 1.00 bits per heavy atom. The maximum Gasteiger partial charge on any atom is 0.0659 e. The predicted molar refractivity (Wildman–Crippen MR) is 60.7 cm³/mol. The second kappa shape index (κ2) is 3.56. The van der Waals surface area contributed by atoms with Crippen LogP contribution in [0.15, 0.2) is 30.6 Å². The van der Waals surface area contributed by atoms with Crippen LogP contribution in [-0.2, 0) is 0 Å². The number of benzene rings is 1. The maximum atomic E-state index is 5.97. The molecule has 0 amide bonds. The molecule has 0 saturated carbocycles. The van der Waals surface area contributed by atoms with E-state index in [2.05, 4.69) is 4.98 Å². The minimum absolute atomic E-state index is 0.541. The topological polar surface area (TPSA) is 41.8 Å². The first-order valence-electron chi connectivity index (χ1n) is 4.07. The number of aromatic nitrogens is 1. The molecule has 2 rings (SSSR count). The predicted octanol–water partition coefficient (Wildman–Crippen LogP) is 3.57. The number of rotatable bonds is 1. The Balaban J connectivity index is 2.63. The molecule has 0 radical (unpaired) electrons. The van der Waals surface area contributed by atoms with E-state index >= 15 is 0 Å². The van der Waals surface area contributed by atoms with Gasteiger partial charge in [-0.2, -0.15) is 0 Å². The van der Waals surface area contributed by atoms with Crippen molar-refractivity contribution >= 4 is 28.9 Å². The number of para-hydroxylation sites is 1. The minimum Gasteiger partial charge on any atom is -0.397 e. The van der Waals surface area contributed by atoms with Crippen LogP contribution in [0.2, 0.25) is 10.0 Å². The Hall–Kier alpha value is -1.12. The van der Waals surface area contributed by atoms with Gasteiger partial charge < -0.3 is 10.7 Å². The lowest BCUT2D eigenvalue weighted by Crippen LogP contribution is -1.90. The number of H-pyrrole nitrogens is 1. The van der Waals surface area contributed by atoms with E-state index in [0.717, 1.165) is 11.1 Å². The van der Waals surface area contributed by atoms with Crippen LogP contribution in [0, 0.1) is 0 Å². The van der Waals surface area contributed by atoms with Crippen LogP contribution >= 0.6 is 23.2 Å². The molecule has 1 aromatic carbocycles. The fraction of sp³-hybridized carbons (Fsp3) is 0. The summed E-state index contributed by atoms with van der Waals surface area (Å²) < 4.78 is 0. The number of hydrogen-bond donors (Lipinski definition) is 2. The van der Waals surface area contributed by atoms with Gasteiger partial charge in [0.1, 0.15) is 0 Å². The molecule has 0 aliphatic heterocycles. The Kier molecular flexibility index (Phi) is 2.40. The molecule has 1 heterocycles. The van der Waals surface area contributed by atoms with E-state index in [1.54, 1.807) is 18.5 Å². The quantitative estimate of drug-likeness (QED) is 0.718. The van der Waals surface area contributed by atoms with Gasteiger partial charge in [-0.1, -0.05) is 35.3 Å². The maximum absolute atomic E-state index is 5.97. The van der Waals surface area contributed by atoms with Crippen LogP contribution in [-0.4, -0.2) is 4.98 Å². The molecule has 0 saturated heterocycles. The monoisotopic (exact) mass is 226 g/mol. The van der Waals surface area contributed by atoms with Crippen molar-refractivity contribution in [3.63, 3.8) is 0 Å². The van der Waals surface area contributed by atoms with E-state index in [1.165, 1.54) is 0 Å². The van der Waals surface area contributed by atoms with Crippen LogP contribution in [0.5, 0.6) is 0 Å². The molecular weight excluding hydrogens is 219 g/mol. The van der Waals surface area contributed by atoms with Crippen molar-refractivity contribution in [2.75, 3.05) is 5.73 Å². The van der Waals surface area contributed by atoms with E-state index in [0.29, 0.717) is 15.7 Å². The van der Waals surface area contributed by atoms with Crippen LogP contribution < -0.4 is 5.73 Å². The molecule has 72 valence electrons. The van der Waals surface area contributed by atoms with Crippen LogP contribution in [0.4, 0.5) is 5.69 Å². The summed E-state index contributed by atoms with van der Waals surface area (Å²) in [4.78, 5) is 2.91. The Bertz CT molecular complexity index is 463. The molecule has 0 aliphatic carbocycles. The molecule has 2 nitrogen and oxygen atoms in total. The van der Waals surface area contributed by atoms with Crippen molar-refractivity contribution < 1.29 is 0 Å². The summed E-state index contributed by atoms with van der Waals surface area (Å²) in [6, 6.07) is 5.48. The number of nitrogens with two attached hydrogens (primary N) is 1. The van der Waals surface area contributed by atoms with Crippen molar-refractivity contribution in [3.8, 4) is 11.1 Å². The molecular formula is C10H8Cl2N2. The molecule has 0 unspecified atom stereocenters. The van der Waals surface area contributed by atoms with E-state index < -0.39 is 0 Å². The molecule has 4 heteroatoms. The van der Waals surface area contributed by atoms with Gasteiger partial charge in [0.2, 0.25) is 0 Å². The fourth-order valence-corrected chi connectivity index (χ4v) is 1.72. The molecule has 0 atom stereocenters. The Morgan fingerprint density at radius 2 is 1.79 bits per heavy atom. The highest BCUT2D eigenvalue weighted by molar-refractivity contribution is 6.35. The molecule has 14 heavy (non-hydrogen) atoms. The van der Waals surface area contributed by atoms with Crippen molar-refractivity contribution in [1.29, 1.82) is 0 Å². The standard InChI is InChI=1S/C10H8Cl2N2/c11-8-3-1-2-6(10(8)13)7-4-14-5-9(7)12/h1-5,14H,13H2. The van der Waals surface area contributed by atoms with E-state index in [9.17, 15) is 0 Å². The van der Waals surface area contributed by atoms with Gasteiger partial charge in [0.05, 0.1) is 15.7 Å².